The van der Waals surface area contributed by atoms with Crippen molar-refractivity contribution in [2.75, 3.05) is 0 Å². The zero-order valence-corrected chi connectivity index (χ0v) is 10.7. The maximum Gasteiger partial charge on any atom is 0.327 e. The van der Waals surface area contributed by atoms with E-state index in [1.807, 2.05) is 20.8 Å². The lowest BCUT2D eigenvalue weighted by Crippen LogP contribution is -2.21. The standard InChI is InChI=1S/C12H12N4O3/c1-4-5(2)19-6(3)7(4)9-13-8-10(14-9)15-12(18)16-11(8)17/h1-3H3,(H3,13,14,15,16,17,18). The monoisotopic (exact) mass is 260 g/mol. The summed E-state index contributed by atoms with van der Waals surface area (Å²) in [5.41, 5.74) is 1.18. The number of fused-ring (bicyclic) bond motifs is 1. The van der Waals surface area contributed by atoms with Gasteiger partial charge < -0.3 is 9.40 Å². The van der Waals surface area contributed by atoms with Gasteiger partial charge in [-0.2, -0.15) is 0 Å². The summed E-state index contributed by atoms with van der Waals surface area (Å²) in [6.07, 6.45) is 0. The van der Waals surface area contributed by atoms with Crippen molar-refractivity contribution in [3.05, 3.63) is 37.9 Å². The van der Waals surface area contributed by atoms with Crippen molar-refractivity contribution in [1.82, 2.24) is 19.9 Å². The number of hydrogen-bond acceptors (Lipinski definition) is 4. The Hall–Kier alpha value is -2.57. The summed E-state index contributed by atoms with van der Waals surface area (Å²) in [6.45, 7) is 5.61. The van der Waals surface area contributed by atoms with Gasteiger partial charge in [-0.1, -0.05) is 0 Å². The molecule has 3 aromatic rings. The van der Waals surface area contributed by atoms with Crippen LogP contribution in [0.2, 0.25) is 0 Å². The van der Waals surface area contributed by atoms with Gasteiger partial charge in [0, 0.05) is 5.56 Å². The SMILES string of the molecule is Cc1oc(C)c(-c2nc3[nH]c(=O)[nH]c(=O)c3[nH]2)c1C. The number of furan rings is 1. The highest BCUT2D eigenvalue weighted by atomic mass is 16.3. The number of hydrogen-bond donors (Lipinski definition) is 3. The molecule has 0 saturated heterocycles. The summed E-state index contributed by atoms with van der Waals surface area (Å²) in [5.74, 6) is 2.03. The maximum absolute atomic E-state index is 11.6. The molecule has 0 aromatic carbocycles. The number of aromatic nitrogens is 4. The highest BCUT2D eigenvalue weighted by Gasteiger charge is 2.17. The van der Waals surface area contributed by atoms with Crippen molar-refractivity contribution in [3.63, 3.8) is 0 Å². The van der Waals surface area contributed by atoms with E-state index in [0.29, 0.717) is 11.6 Å². The second-order valence-electron chi connectivity index (χ2n) is 4.43. The van der Waals surface area contributed by atoms with Crippen molar-refractivity contribution >= 4 is 11.2 Å². The van der Waals surface area contributed by atoms with Gasteiger partial charge in [0.25, 0.3) is 5.56 Å². The average molecular weight is 260 g/mol. The largest absolute Gasteiger partial charge is 0.466 e. The number of nitrogens with one attached hydrogen (secondary N) is 3. The Labute approximate surface area is 106 Å². The van der Waals surface area contributed by atoms with E-state index in [1.165, 1.54) is 0 Å². The molecule has 0 amide bonds. The lowest BCUT2D eigenvalue weighted by Gasteiger charge is -1.94. The van der Waals surface area contributed by atoms with Crippen LogP contribution in [0.15, 0.2) is 14.0 Å². The molecule has 0 spiro atoms. The first-order valence-electron chi connectivity index (χ1n) is 5.76. The summed E-state index contributed by atoms with van der Waals surface area (Å²) in [4.78, 5) is 34.7. The summed E-state index contributed by atoms with van der Waals surface area (Å²) < 4.78 is 5.53. The second kappa shape index (κ2) is 3.71. The van der Waals surface area contributed by atoms with Crippen molar-refractivity contribution in [1.29, 1.82) is 0 Å². The van der Waals surface area contributed by atoms with Crippen LogP contribution in [0.4, 0.5) is 0 Å². The third-order valence-electron chi connectivity index (χ3n) is 3.19. The van der Waals surface area contributed by atoms with Crippen molar-refractivity contribution < 1.29 is 4.42 Å². The predicted octanol–water partition coefficient (Wildman–Crippen LogP) is 1.12. The molecule has 7 nitrogen and oxygen atoms in total. The normalized spacial score (nSPS) is 11.3. The minimum Gasteiger partial charge on any atom is -0.466 e. The zero-order valence-electron chi connectivity index (χ0n) is 10.7. The number of H-pyrrole nitrogens is 3. The van der Waals surface area contributed by atoms with Gasteiger partial charge in [-0.25, -0.2) is 9.78 Å². The molecular formula is C12H12N4O3. The van der Waals surface area contributed by atoms with Gasteiger partial charge in [0.05, 0.1) is 5.56 Å². The minimum absolute atomic E-state index is 0.237. The van der Waals surface area contributed by atoms with Crippen molar-refractivity contribution in [2.45, 2.75) is 20.8 Å². The van der Waals surface area contributed by atoms with Crippen LogP contribution in [-0.2, 0) is 0 Å². The predicted molar refractivity (Wildman–Crippen MR) is 69.2 cm³/mol. The average Bonchev–Trinajstić information content (AvgIpc) is 2.81. The van der Waals surface area contributed by atoms with Crippen LogP contribution in [0, 0.1) is 20.8 Å². The van der Waals surface area contributed by atoms with Gasteiger partial charge in [0.15, 0.2) is 5.65 Å². The van der Waals surface area contributed by atoms with E-state index in [9.17, 15) is 9.59 Å². The van der Waals surface area contributed by atoms with E-state index >= 15 is 0 Å². The van der Waals surface area contributed by atoms with Crippen molar-refractivity contribution in [3.8, 4) is 11.4 Å². The smallest absolute Gasteiger partial charge is 0.327 e. The highest BCUT2D eigenvalue weighted by Crippen LogP contribution is 2.29. The van der Waals surface area contributed by atoms with Crippen LogP contribution >= 0.6 is 0 Å². The first-order valence-corrected chi connectivity index (χ1v) is 5.76. The molecule has 0 radical (unpaired) electrons. The fourth-order valence-corrected chi connectivity index (χ4v) is 2.19. The maximum atomic E-state index is 11.6. The molecule has 0 unspecified atom stereocenters. The summed E-state index contributed by atoms with van der Waals surface area (Å²) in [6, 6.07) is 0. The number of rotatable bonds is 1. The Balaban J connectivity index is 2.35. The topological polar surface area (TPSA) is 108 Å². The quantitative estimate of drug-likeness (QED) is 0.609. The molecule has 0 bridgehead atoms. The Morgan fingerprint density at radius 1 is 1.00 bits per heavy atom. The first kappa shape index (κ1) is 11.5. The number of aryl methyl sites for hydroxylation is 2. The molecule has 3 rings (SSSR count). The third kappa shape index (κ3) is 1.62. The minimum atomic E-state index is -0.577. The molecule has 0 saturated carbocycles. The van der Waals surface area contributed by atoms with Crippen LogP contribution in [0.3, 0.4) is 0 Å². The van der Waals surface area contributed by atoms with Gasteiger partial charge in [0.1, 0.15) is 22.9 Å². The van der Waals surface area contributed by atoms with Gasteiger partial charge in [-0.15, -0.1) is 0 Å². The van der Waals surface area contributed by atoms with Gasteiger partial charge in [-0.05, 0) is 20.8 Å². The molecule has 3 aromatic heterocycles. The van der Waals surface area contributed by atoms with Gasteiger partial charge >= 0.3 is 5.69 Å². The van der Waals surface area contributed by atoms with Crippen LogP contribution in [0.25, 0.3) is 22.6 Å². The highest BCUT2D eigenvalue weighted by molar-refractivity contribution is 5.76. The van der Waals surface area contributed by atoms with Gasteiger partial charge in [-0.3, -0.25) is 14.8 Å². The van der Waals surface area contributed by atoms with Crippen LogP contribution in [-0.4, -0.2) is 19.9 Å². The number of imidazole rings is 1. The lowest BCUT2D eigenvalue weighted by atomic mass is 10.1. The van der Waals surface area contributed by atoms with Crippen molar-refractivity contribution in [2.24, 2.45) is 0 Å². The Bertz CT molecular complexity index is 894. The van der Waals surface area contributed by atoms with E-state index in [4.69, 9.17) is 4.42 Å². The molecule has 7 heteroatoms. The Kier molecular flexibility index (Phi) is 2.25. The Morgan fingerprint density at radius 2 is 1.74 bits per heavy atom. The molecular weight excluding hydrogens is 248 g/mol. The second-order valence-corrected chi connectivity index (χ2v) is 4.43. The molecule has 0 aliphatic heterocycles. The van der Waals surface area contributed by atoms with Crippen LogP contribution in [0.1, 0.15) is 17.1 Å². The molecule has 19 heavy (non-hydrogen) atoms. The molecule has 0 aliphatic rings. The molecule has 3 N–H and O–H groups in total. The van der Waals surface area contributed by atoms with E-state index in [1.54, 1.807) is 0 Å². The number of aromatic amines is 3. The molecule has 0 aliphatic carbocycles. The number of nitrogens with zero attached hydrogens (tertiary/aromatic N) is 1. The van der Waals surface area contributed by atoms with E-state index < -0.39 is 11.2 Å². The van der Waals surface area contributed by atoms with E-state index in [-0.39, 0.29) is 11.2 Å². The van der Waals surface area contributed by atoms with E-state index in [2.05, 4.69) is 19.9 Å². The molecule has 3 heterocycles. The summed E-state index contributed by atoms with van der Waals surface area (Å²) in [5, 5.41) is 0. The molecule has 0 atom stereocenters. The van der Waals surface area contributed by atoms with Crippen LogP contribution in [0.5, 0.6) is 0 Å². The summed E-state index contributed by atoms with van der Waals surface area (Å²) in [7, 11) is 0. The first-order chi connectivity index (χ1) is 8.97. The van der Waals surface area contributed by atoms with E-state index in [0.717, 1.165) is 16.9 Å². The Morgan fingerprint density at radius 3 is 2.37 bits per heavy atom. The van der Waals surface area contributed by atoms with Gasteiger partial charge in [0.2, 0.25) is 0 Å². The zero-order chi connectivity index (χ0) is 13.7. The summed E-state index contributed by atoms with van der Waals surface area (Å²) >= 11 is 0. The fourth-order valence-electron chi connectivity index (χ4n) is 2.19. The molecule has 98 valence electrons. The van der Waals surface area contributed by atoms with Crippen LogP contribution < -0.4 is 11.2 Å². The third-order valence-corrected chi connectivity index (χ3v) is 3.19. The molecule has 0 fully saturated rings. The lowest BCUT2D eigenvalue weighted by molar-refractivity contribution is 0.503. The fraction of sp³-hybridized carbons (Fsp3) is 0.250.